The zero-order valence-electron chi connectivity index (χ0n) is 19.1. The van der Waals surface area contributed by atoms with Crippen molar-refractivity contribution in [3.05, 3.63) is 95.6 Å². The predicted octanol–water partition coefficient (Wildman–Crippen LogP) is 7.05. The normalized spacial score (nSPS) is 10.8. The number of methoxy groups -OCH3 is 2. The van der Waals surface area contributed by atoms with E-state index in [0.29, 0.717) is 27.8 Å². The van der Waals surface area contributed by atoms with Crippen LogP contribution in [0.1, 0.15) is 10.4 Å². The molecule has 0 saturated carbocycles. The van der Waals surface area contributed by atoms with E-state index >= 15 is 0 Å². The zero-order chi connectivity index (χ0) is 24.4. The molecule has 0 aliphatic heterocycles. The third kappa shape index (κ3) is 4.56. The summed E-state index contributed by atoms with van der Waals surface area (Å²) in [6, 6.07) is 24.3. The Kier molecular flexibility index (Phi) is 6.12. The average Bonchev–Trinajstić information content (AvgIpc) is 2.88. The lowest BCUT2D eigenvalue weighted by molar-refractivity contribution is 0.102. The average molecular weight is 484 g/mol. The molecule has 6 nitrogen and oxygen atoms in total. The van der Waals surface area contributed by atoms with Gasteiger partial charge in [0.15, 0.2) is 11.5 Å². The van der Waals surface area contributed by atoms with Gasteiger partial charge in [0, 0.05) is 45.3 Å². The van der Waals surface area contributed by atoms with E-state index in [0.717, 1.165) is 33.1 Å². The molecule has 0 radical (unpaired) electrons. The van der Waals surface area contributed by atoms with Crippen LogP contribution in [0.5, 0.6) is 11.5 Å². The Morgan fingerprint density at radius 2 is 1.57 bits per heavy atom. The molecule has 1 aromatic heterocycles. The number of nitrogens with one attached hydrogen (secondary N) is 2. The van der Waals surface area contributed by atoms with E-state index < -0.39 is 0 Å². The quantitative estimate of drug-likeness (QED) is 0.270. The van der Waals surface area contributed by atoms with E-state index in [-0.39, 0.29) is 5.91 Å². The Hall–Kier alpha value is -4.29. The highest BCUT2D eigenvalue weighted by atomic mass is 35.5. The van der Waals surface area contributed by atoms with Crippen molar-refractivity contribution in [2.75, 3.05) is 24.9 Å². The molecule has 4 aromatic carbocycles. The van der Waals surface area contributed by atoms with Crippen LogP contribution in [0.15, 0.2) is 85.1 Å². The van der Waals surface area contributed by atoms with Gasteiger partial charge < -0.3 is 20.1 Å². The first-order chi connectivity index (χ1) is 17.1. The second-order valence-electron chi connectivity index (χ2n) is 7.91. The summed E-state index contributed by atoms with van der Waals surface area (Å²) in [4.78, 5) is 17.4. The highest BCUT2D eigenvalue weighted by Gasteiger charge is 2.13. The maximum atomic E-state index is 13.0. The van der Waals surface area contributed by atoms with Gasteiger partial charge in [0.1, 0.15) is 0 Å². The molecule has 1 amide bonds. The number of anilines is 3. The fourth-order valence-electron chi connectivity index (χ4n) is 4.03. The molecule has 0 atom stereocenters. The monoisotopic (exact) mass is 483 g/mol. The molecule has 1 heterocycles. The van der Waals surface area contributed by atoms with Gasteiger partial charge in [0.2, 0.25) is 0 Å². The highest BCUT2D eigenvalue weighted by Crippen LogP contribution is 2.35. The number of aromatic nitrogens is 1. The number of rotatable bonds is 6. The van der Waals surface area contributed by atoms with Crippen molar-refractivity contribution in [1.82, 2.24) is 4.98 Å². The van der Waals surface area contributed by atoms with Crippen molar-refractivity contribution in [3.8, 4) is 11.5 Å². The molecule has 5 rings (SSSR count). The summed E-state index contributed by atoms with van der Waals surface area (Å²) in [7, 11) is 3.21. The Balaban J connectivity index is 1.46. The Labute approximate surface area is 207 Å². The van der Waals surface area contributed by atoms with Gasteiger partial charge in [-0.15, -0.1) is 0 Å². The third-order valence-electron chi connectivity index (χ3n) is 5.75. The van der Waals surface area contributed by atoms with Gasteiger partial charge in [-0.05, 0) is 65.4 Å². The van der Waals surface area contributed by atoms with E-state index in [1.54, 1.807) is 44.7 Å². The number of hydrogen-bond acceptors (Lipinski definition) is 5. The van der Waals surface area contributed by atoms with Crippen molar-refractivity contribution in [2.24, 2.45) is 0 Å². The molecule has 2 N–H and O–H groups in total. The molecule has 0 spiro atoms. The molecule has 0 fully saturated rings. The highest BCUT2D eigenvalue weighted by molar-refractivity contribution is 6.30. The Bertz CT molecular complexity index is 1550. The molecule has 0 aliphatic carbocycles. The van der Waals surface area contributed by atoms with Crippen LogP contribution in [0.3, 0.4) is 0 Å². The first kappa shape index (κ1) is 22.5. The minimum absolute atomic E-state index is 0.181. The van der Waals surface area contributed by atoms with Gasteiger partial charge in [-0.2, -0.15) is 0 Å². The summed E-state index contributed by atoms with van der Waals surface area (Å²) in [5.74, 6) is 1.07. The van der Waals surface area contributed by atoms with Gasteiger partial charge in [0.05, 0.1) is 19.7 Å². The molecule has 0 aliphatic rings. The summed E-state index contributed by atoms with van der Waals surface area (Å²) in [6.45, 7) is 0. The number of nitrogens with zero attached hydrogens (tertiary/aromatic N) is 1. The largest absolute Gasteiger partial charge is 0.493 e. The van der Waals surface area contributed by atoms with Crippen LogP contribution >= 0.6 is 11.6 Å². The van der Waals surface area contributed by atoms with Crippen molar-refractivity contribution in [2.45, 2.75) is 0 Å². The number of carbonyl (C=O) groups excluding carboxylic acids is 1. The SMILES string of the molecule is COc1cc2nccc(Nc3ccc4c(C(=O)Nc5ccc(Cl)cc5)cccc4c3)c2cc1OC. The minimum atomic E-state index is -0.181. The molecule has 174 valence electrons. The minimum Gasteiger partial charge on any atom is -0.493 e. The number of hydrogen-bond donors (Lipinski definition) is 2. The van der Waals surface area contributed by atoms with Crippen LogP contribution in [-0.4, -0.2) is 25.1 Å². The molecule has 7 heteroatoms. The topological polar surface area (TPSA) is 72.5 Å². The fraction of sp³-hybridized carbons (Fsp3) is 0.0714. The smallest absolute Gasteiger partial charge is 0.256 e. The molecule has 0 saturated heterocycles. The van der Waals surface area contributed by atoms with Gasteiger partial charge in [0.25, 0.3) is 5.91 Å². The van der Waals surface area contributed by atoms with E-state index in [1.165, 1.54) is 0 Å². The second kappa shape index (κ2) is 9.52. The predicted molar refractivity (Wildman–Crippen MR) is 141 cm³/mol. The van der Waals surface area contributed by atoms with Crippen molar-refractivity contribution >= 4 is 56.2 Å². The maximum absolute atomic E-state index is 13.0. The molecular weight excluding hydrogens is 462 g/mol. The van der Waals surface area contributed by atoms with Crippen molar-refractivity contribution in [1.29, 1.82) is 0 Å². The summed E-state index contributed by atoms with van der Waals surface area (Å²) in [5, 5.41) is 9.72. The maximum Gasteiger partial charge on any atom is 0.256 e. The summed E-state index contributed by atoms with van der Waals surface area (Å²) < 4.78 is 10.9. The fourth-order valence-corrected chi connectivity index (χ4v) is 4.15. The number of benzene rings is 4. The molecule has 35 heavy (non-hydrogen) atoms. The first-order valence-corrected chi connectivity index (χ1v) is 11.3. The molecule has 5 aromatic rings. The van der Waals surface area contributed by atoms with Gasteiger partial charge in [-0.3, -0.25) is 9.78 Å². The van der Waals surface area contributed by atoms with Crippen LogP contribution < -0.4 is 20.1 Å². The lowest BCUT2D eigenvalue weighted by Crippen LogP contribution is -2.12. The number of ether oxygens (including phenoxy) is 2. The molecule has 0 unspecified atom stereocenters. The molecular formula is C28H22ClN3O3. The van der Waals surface area contributed by atoms with Crippen LogP contribution in [0.4, 0.5) is 17.1 Å². The summed E-state index contributed by atoms with van der Waals surface area (Å²) >= 11 is 5.94. The third-order valence-corrected chi connectivity index (χ3v) is 6.00. The Morgan fingerprint density at radius 1 is 0.829 bits per heavy atom. The second-order valence-corrected chi connectivity index (χ2v) is 8.35. The van der Waals surface area contributed by atoms with E-state index in [9.17, 15) is 4.79 Å². The van der Waals surface area contributed by atoms with E-state index in [1.807, 2.05) is 54.6 Å². The number of fused-ring (bicyclic) bond motifs is 2. The van der Waals surface area contributed by atoms with Gasteiger partial charge in [-0.1, -0.05) is 29.8 Å². The summed E-state index contributed by atoms with van der Waals surface area (Å²) in [6.07, 6.45) is 1.75. The zero-order valence-corrected chi connectivity index (χ0v) is 19.9. The number of halogens is 1. The standard InChI is InChI=1S/C28H22ClN3O3/c1-34-26-15-23-24(12-13-30-25(23)16-27(26)35-2)31-20-10-11-21-17(14-20)4-3-5-22(21)28(33)32-19-8-6-18(29)7-9-19/h3-16H,1-2H3,(H,30,31)(H,32,33). The van der Waals surface area contributed by atoms with Gasteiger partial charge >= 0.3 is 0 Å². The van der Waals surface area contributed by atoms with Crippen molar-refractivity contribution in [3.63, 3.8) is 0 Å². The molecule has 0 bridgehead atoms. The number of amides is 1. The first-order valence-electron chi connectivity index (χ1n) is 10.9. The van der Waals surface area contributed by atoms with Crippen LogP contribution in [0.2, 0.25) is 5.02 Å². The lowest BCUT2D eigenvalue weighted by Gasteiger charge is -2.14. The van der Waals surface area contributed by atoms with E-state index in [2.05, 4.69) is 15.6 Å². The van der Waals surface area contributed by atoms with Crippen LogP contribution in [0.25, 0.3) is 21.7 Å². The van der Waals surface area contributed by atoms with Crippen LogP contribution in [0, 0.1) is 0 Å². The summed E-state index contributed by atoms with van der Waals surface area (Å²) in [5.41, 5.74) is 3.83. The van der Waals surface area contributed by atoms with Gasteiger partial charge in [-0.25, -0.2) is 0 Å². The lowest BCUT2D eigenvalue weighted by atomic mass is 10.0. The number of pyridine rings is 1. The Morgan fingerprint density at radius 3 is 2.34 bits per heavy atom. The van der Waals surface area contributed by atoms with Crippen LogP contribution in [-0.2, 0) is 0 Å². The van der Waals surface area contributed by atoms with Crippen molar-refractivity contribution < 1.29 is 14.3 Å². The number of carbonyl (C=O) groups is 1. The van der Waals surface area contributed by atoms with E-state index in [4.69, 9.17) is 21.1 Å².